The summed E-state index contributed by atoms with van der Waals surface area (Å²) in [5, 5.41) is 2.86. The first-order valence-corrected chi connectivity index (χ1v) is 8.34. The van der Waals surface area contributed by atoms with Crippen molar-refractivity contribution in [3.05, 3.63) is 65.0 Å². The fourth-order valence-electron chi connectivity index (χ4n) is 2.49. The third kappa shape index (κ3) is 3.74. The number of oxazole rings is 1. The molecule has 26 heavy (non-hydrogen) atoms. The molecule has 134 valence electrons. The molecule has 0 radical (unpaired) electrons. The van der Waals surface area contributed by atoms with Gasteiger partial charge in [-0.05, 0) is 35.9 Å². The largest absolute Gasteiger partial charge is 0.465 e. The van der Waals surface area contributed by atoms with Crippen LogP contribution in [0.3, 0.4) is 0 Å². The Bertz CT molecular complexity index is 942. The molecule has 3 rings (SSSR count). The quantitative estimate of drug-likeness (QED) is 0.709. The highest BCUT2D eigenvalue weighted by molar-refractivity contribution is 5.97. The minimum Gasteiger partial charge on any atom is -0.465 e. The third-order valence-corrected chi connectivity index (χ3v) is 3.99. The predicted octanol–water partition coefficient (Wildman–Crippen LogP) is 3.67. The standard InChI is InChI=1S/C20H20N2O4/c1-12(2)19-22-16-10-15(8-9-17(16)26-19)18(23)21-11-13-4-6-14(7-5-13)20(24)25-3/h4-10,12H,11H2,1-3H3,(H,21,23). The zero-order chi connectivity index (χ0) is 18.7. The highest BCUT2D eigenvalue weighted by Crippen LogP contribution is 2.22. The minimum atomic E-state index is -0.387. The van der Waals surface area contributed by atoms with Gasteiger partial charge in [0.2, 0.25) is 0 Å². The molecule has 0 fully saturated rings. The predicted molar refractivity (Wildman–Crippen MR) is 97.0 cm³/mol. The number of ether oxygens (including phenoxy) is 1. The monoisotopic (exact) mass is 352 g/mol. The number of hydrogen-bond donors (Lipinski definition) is 1. The second-order valence-electron chi connectivity index (χ2n) is 6.26. The van der Waals surface area contributed by atoms with Crippen LogP contribution in [0.1, 0.15) is 51.9 Å². The van der Waals surface area contributed by atoms with Crippen molar-refractivity contribution in [1.29, 1.82) is 0 Å². The van der Waals surface area contributed by atoms with Crippen molar-refractivity contribution in [3.63, 3.8) is 0 Å². The van der Waals surface area contributed by atoms with Crippen LogP contribution in [0.15, 0.2) is 46.9 Å². The summed E-state index contributed by atoms with van der Waals surface area (Å²) < 4.78 is 10.3. The zero-order valence-electron chi connectivity index (χ0n) is 14.9. The molecule has 0 saturated carbocycles. The van der Waals surface area contributed by atoms with Gasteiger partial charge in [0.05, 0.1) is 12.7 Å². The lowest BCUT2D eigenvalue weighted by molar-refractivity contribution is 0.0600. The van der Waals surface area contributed by atoms with Crippen molar-refractivity contribution in [2.75, 3.05) is 7.11 Å². The fraction of sp³-hybridized carbons (Fsp3) is 0.250. The molecule has 0 bridgehead atoms. The van der Waals surface area contributed by atoms with Crippen molar-refractivity contribution in [2.45, 2.75) is 26.3 Å². The van der Waals surface area contributed by atoms with E-state index in [1.807, 2.05) is 13.8 Å². The highest BCUT2D eigenvalue weighted by atomic mass is 16.5. The molecule has 1 heterocycles. The van der Waals surface area contributed by atoms with Crippen LogP contribution in [-0.2, 0) is 11.3 Å². The number of carbonyl (C=O) groups is 2. The van der Waals surface area contributed by atoms with Crippen LogP contribution in [-0.4, -0.2) is 24.0 Å². The van der Waals surface area contributed by atoms with Gasteiger partial charge in [0.15, 0.2) is 11.5 Å². The van der Waals surface area contributed by atoms with Crippen molar-refractivity contribution >= 4 is 23.0 Å². The summed E-state index contributed by atoms with van der Waals surface area (Å²) in [6.45, 7) is 4.36. The van der Waals surface area contributed by atoms with E-state index in [1.165, 1.54) is 7.11 Å². The molecule has 6 nitrogen and oxygen atoms in total. The van der Waals surface area contributed by atoms with Crippen LogP contribution in [0, 0.1) is 0 Å². The summed E-state index contributed by atoms with van der Waals surface area (Å²) in [6, 6.07) is 12.1. The normalized spacial score (nSPS) is 10.9. The van der Waals surface area contributed by atoms with Crippen LogP contribution < -0.4 is 5.32 Å². The maximum Gasteiger partial charge on any atom is 0.337 e. The number of benzene rings is 2. The van der Waals surface area contributed by atoms with E-state index in [4.69, 9.17) is 4.42 Å². The Morgan fingerprint density at radius 3 is 2.46 bits per heavy atom. The van der Waals surface area contributed by atoms with E-state index in [9.17, 15) is 9.59 Å². The van der Waals surface area contributed by atoms with Crippen LogP contribution in [0.25, 0.3) is 11.1 Å². The van der Waals surface area contributed by atoms with Gasteiger partial charge < -0.3 is 14.5 Å². The Kier molecular flexibility index (Phi) is 5.02. The van der Waals surface area contributed by atoms with Gasteiger partial charge in [-0.2, -0.15) is 0 Å². The van der Waals surface area contributed by atoms with E-state index in [-0.39, 0.29) is 17.8 Å². The first-order valence-electron chi connectivity index (χ1n) is 8.34. The van der Waals surface area contributed by atoms with Gasteiger partial charge >= 0.3 is 5.97 Å². The number of methoxy groups -OCH3 is 1. The molecule has 0 aliphatic rings. The first kappa shape index (κ1) is 17.7. The molecule has 0 spiro atoms. The summed E-state index contributed by atoms with van der Waals surface area (Å²) in [5.41, 5.74) is 3.22. The molecule has 0 saturated heterocycles. The Morgan fingerprint density at radius 1 is 1.12 bits per heavy atom. The van der Waals surface area contributed by atoms with E-state index in [1.54, 1.807) is 42.5 Å². The number of rotatable bonds is 5. The average molecular weight is 352 g/mol. The fourth-order valence-corrected chi connectivity index (χ4v) is 2.49. The zero-order valence-corrected chi connectivity index (χ0v) is 14.9. The van der Waals surface area contributed by atoms with Crippen molar-refractivity contribution < 1.29 is 18.7 Å². The Balaban J connectivity index is 1.68. The molecule has 2 aromatic carbocycles. The summed E-state index contributed by atoms with van der Waals surface area (Å²) in [5.74, 6) is 0.260. The second kappa shape index (κ2) is 7.39. The molecule has 0 aliphatic heterocycles. The number of nitrogens with zero attached hydrogens (tertiary/aromatic N) is 1. The molecule has 1 N–H and O–H groups in total. The van der Waals surface area contributed by atoms with Gasteiger partial charge in [-0.15, -0.1) is 0 Å². The van der Waals surface area contributed by atoms with E-state index in [0.29, 0.717) is 34.7 Å². The Labute approximate surface area is 151 Å². The number of fused-ring (bicyclic) bond motifs is 1. The van der Waals surface area contributed by atoms with E-state index >= 15 is 0 Å². The molecule has 1 amide bonds. The summed E-state index contributed by atoms with van der Waals surface area (Å²) >= 11 is 0. The first-order chi connectivity index (χ1) is 12.5. The lowest BCUT2D eigenvalue weighted by atomic mass is 10.1. The number of hydrogen-bond acceptors (Lipinski definition) is 5. The van der Waals surface area contributed by atoms with Gasteiger partial charge in [-0.3, -0.25) is 4.79 Å². The SMILES string of the molecule is COC(=O)c1ccc(CNC(=O)c2ccc3oc(C(C)C)nc3c2)cc1. The van der Waals surface area contributed by atoms with E-state index < -0.39 is 0 Å². The lowest BCUT2D eigenvalue weighted by Crippen LogP contribution is -2.22. The van der Waals surface area contributed by atoms with Crippen molar-refractivity contribution in [1.82, 2.24) is 10.3 Å². The van der Waals surface area contributed by atoms with E-state index in [0.717, 1.165) is 5.56 Å². The number of carbonyl (C=O) groups excluding carboxylic acids is 2. The number of amides is 1. The van der Waals surface area contributed by atoms with Crippen LogP contribution in [0.4, 0.5) is 0 Å². The number of nitrogens with one attached hydrogen (secondary N) is 1. The van der Waals surface area contributed by atoms with Crippen molar-refractivity contribution in [3.8, 4) is 0 Å². The summed E-state index contributed by atoms with van der Waals surface area (Å²) in [6.07, 6.45) is 0. The van der Waals surface area contributed by atoms with Gasteiger partial charge in [0, 0.05) is 18.0 Å². The minimum absolute atomic E-state index is 0.188. The second-order valence-corrected chi connectivity index (χ2v) is 6.26. The topological polar surface area (TPSA) is 81.4 Å². The summed E-state index contributed by atoms with van der Waals surface area (Å²) in [4.78, 5) is 28.2. The highest BCUT2D eigenvalue weighted by Gasteiger charge is 2.12. The molecule has 0 aliphatic carbocycles. The van der Waals surface area contributed by atoms with Crippen molar-refractivity contribution in [2.24, 2.45) is 0 Å². The van der Waals surface area contributed by atoms with Gasteiger partial charge in [-0.1, -0.05) is 26.0 Å². The molecule has 1 aromatic heterocycles. The molecular formula is C20H20N2O4. The Hall–Kier alpha value is -3.15. The molecule has 3 aromatic rings. The Morgan fingerprint density at radius 2 is 1.81 bits per heavy atom. The molecule has 0 atom stereocenters. The lowest BCUT2D eigenvalue weighted by Gasteiger charge is -2.06. The van der Waals surface area contributed by atoms with Gasteiger partial charge in [0.25, 0.3) is 5.91 Å². The molecule has 0 unspecified atom stereocenters. The maximum atomic E-state index is 12.4. The van der Waals surface area contributed by atoms with Gasteiger partial charge in [0.1, 0.15) is 5.52 Å². The van der Waals surface area contributed by atoms with Crippen LogP contribution in [0.5, 0.6) is 0 Å². The molecular weight excluding hydrogens is 332 g/mol. The number of esters is 1. The average Bonchev–Trinajstić information content (AvgIpc) is 3.09. The van der Waals surface area contributed by atoms with E-state index in [2.05, 4.69) is 15.0 Å². The smallest absolute Gasteiger partial charge is 0.337 e. The van der Waals surface area contributed by atoms with Gasteiger partial charge in [-0.25, -0.2) is 9.78 Å². The third-order valence-electron chi connectivity index (χ3n) is 3.99. The number of aromatic nitrogens is 1. The summed E-state index contributed by atoms with van der Waals surface area (Å²) in [7, 11) is 1.34. The van der Waals surface area contributed by atoms with Crippen LogP contribution >= 0.6 is 0 Å². The van der Waals surface area contributed by atoms with Crippen LogP contribution in [0.2, 0.25) is 0 Å². The maximum absolute atomic E-state index is 12.4. The molecule has 6 heteroatoms.